The van der Waals surface area contributed by atoms with Crippen molar-refractivity contribution >= 4 is 11.5 Å². The molecule has 0 saturated carbocycles. The molecule has 0 unspecified atom stereocenters. The van der Waals surface area contributed by atoms with E-state index >= 15 is 0 Å². The Labute approximate surface area is 168 Å². The number of aryl methyl sites for hydroxylation is 2. The molecule has 0 heterocycles. The lowest BCUT2D eigenvalue weighted by molar-refractivity contribution is -0.116. The molecule has 1 aliphatic carbocycles. The fraction of sp³-hybridized carbons (Fsp3) is 0.318. The van der Waals surface area contributed by atoms with Gasteiger partial charge in [-0.3, -0.25) is 4.79 Å². The van der Waals surface area contributed by atoms with Gasteiger partial charge in [0.15, 0.2) is 11.5 Å². The fourth-order valence-corrected chi connectivity index (χ4v) is 3.40. The minimum atomic E-state index is -3.00. The smallest absolute Gasteiger partial charge is 0.386 e. The number of hydrogen-bond acceptors (Lipinski definition) is 4. The van der Waals surface area contributed by atoms with Crippen molar-refractivity contribution in [2.75, 3.05) is 13.7 Å². The summed E-state index contributed by atoms with van der Waals surface area (Å²) < 4.78 is 34.5. The second-order valence-corrected chi connectivity index (χ2v) is 6.78. The number of ether oxygens (including phenoxy) is 2. The number of alkyl halides is 2. The van der Waals surface area contributed by atoms with E-state index in [1.54, 1.807) is 18.2 Å². The number of halogens is 2. The number of aromatic hydroxyl groups is 1. The zero-order valence-electron chi connectivity index (χ0n) is 16.1. The van der Waals surface area contributed by atoms with Gasteiger partial charge < -0.3 is 19.9 Å². The second kappa shape index (κ2) is 9.41. The first-order valence-electron chi connectivity index (χ1n) is 9.38. The van der Waals surface area contributed by atoms with E-state index in [0.717, 1.165) is 36.7 Å². The van der Waals surface area contributed by atoms with Gasteiger partial charge in [-0.15, -0.1) is 0 Å². The fourth-order valence-electron chi connectivity index (χ4n) is 3.40. The van der Waals surface area contributed by atoms with Gasteiger partial charge in [-0.25, -0.2) is 0 Å². The van der Waals surface area contributed by atoms with Crippen molar-refractivity contribution in [1.82, 2.24) is 5.32 Å². The lowest BCUT2D eigenvalue weighted by Gasteiger charge is -2.12. The van der Waals surface area contributed by atoms with E-state index in [1.807, 2.05) is 12.1 Å². The molecule has 3 rings (SSSR count). The topological polar surface area (TPSA) is 67.8 Å². The standard InChI is InChI=1S/C22H23F2NO4/c1-28-20-11-14(5-8-19(20)26)9-10-25-21(27)18(13-29-22(23)24)17-7-6-15-3-2-4-16(15)12-17/h5-8,11-13,22,26H,2-4,9-10H2,1H3,(H,25,27)/b18-13+. The van der Waals surface area contributed by atoms with Crippen molar-refractivity contribution in [2.24, 2.45) is 0 Å². The Bertz CT molecular complexity index is 912. The Hall–Kier alpha value is -3.09. The molecule has 1 amide bonds. The molecule has 0 spiro atoms. The van der Waals surface area contributed by atoms with Gasteiger partial charge >= 0.3 is 6.61 Å². The zero-order chi connectivity index (χ0) is 20.8. The number of phenolic OH excluding ortho intramolecular Hbond substituents is 1. The third-order valence-corrected chi connectivity index (χ3v) is 4.89. The van der Waals surface area contributed by atoms with Crippen LogP contribution in [0.4, 0.5) is 8.78 Å². The quantitative estimate of drug-likeness (QED) is 0.519. The van der Waals surface area contributed by atoms with Crippen molar-refractivity contribution in [3.05, 3.63) is 64.9 Å². The maximum Gasteiger partial charge on any atom is 0.386 e. The molecular weight excluding hydrogens is 380 g/mol. The van der Waals surface area contributed by atoms with Crippen LogP contribution < -0.4 is 10.1 Å². The highest BCUT2D eigenvalue weighted by Gasteiger charge is 2.18. The molecule has 7 heteroatoms. The van der Waals surface area contributed by atoms with Crippen LogP contribution in [0.15, 0.2) is 42.7 Å². The number of fused-ring (bicyclic) bond motifs is 1. The molecule has 0 fully saturated rings. The highest BCUT2D eigenvalue weighted by atomic mass is 19.3. The number of phenols is 1. The largest absolute Gasteiger partial charge is 0.504 e. The average molecular weight is 403 g/mol. The molecule has 0 atom stereocenters. The van der Waals surface area contributed by atoms with Crippen molar-refractivity contribution in [1.29, 1.82) is 0 Å². The monoisotopic (exact) mass is 403 g/mol. The molecule has 0 aromatic heterocycles. The van der Waals surface area contributed by atoms with Gasteiger partial charge in [0.25, 0.3) is 5.91 Å². The summed E-state index contributed by atoms with van der Waals surface area (Å²) in [5.41, 5.74) is 3.82. The lowest BCUT2D eigenvalue weighted by Crippen LogP contribution is -2.27. The van der Waals surface area contributed by atoms with E-state index in [-0.39, 0.29) is 17.9 Å². The molecule has 1 aliphatic rings. The van der Waals surface area contributed by atoms with Crippen LogP contribution in [0.1, 0.15) is 28.7 Å². The number of benzene rings is 2. The Kier molecular flexibility index (Phi) is 6.69. The Morgan fingerprint density at radius 3 is 2.76 bits per heavy atom. The summed E-state index contributed by atoms with van der Waals surface area (Å²) in [5.74, 6) is -0.113. The van der Waals surface area contributed by atoms with E-state index in [9.17, 15) is 18.7 Å². The summed E-state index contributed by atoms with van der Waals surface area (Å²) in [6.45, 7) is -2.72. The number of hydrogen-bond donors (Lipinski definition) is 2. The van der Waals surface area contributed by atoms with Crippen molar-refractivity contribution < 1.29 is 28.2 Å². The van der Waals surface area contributed by atoms with Gasteiger partial charge in [0, 0.05) is 6.54 Å². The Morgan fingerprint density at radius 2 is 2.00 bits per heavy atom. The normalized spacial score (nSPS) is 13.3. The first-order chi connectivity index (χ1) is 14.0. The van der Waals surface area contributed by atoms with Crippen molar-refractivity contribution in [2.45, 2.75) is 32.3 Å². The zero-order valence-corrected chi connectivity index (χ0v) is 16.1. The van der Waals surface area contributed by atoms with E-state index in [1.165, 1.54) is 18.7 Å². The highest BCUT2D eigenvalue weighted by Crippen LogP contribution is 2.27. The summed E-state index contributed by atoms with van der Waals surface area (Å²) in [5, 5.41) is 12.4. The Balaban J connectivity index is 1.69. The minimum Gasteiger partial charge on any atom is -0.504 e. The van der Waals surface area contributed by atoms with Crippen LogP contribution >= 0.6 is 0 Å². The van der Waals surface area contributed by atoms with Gasteiger partial charge in [-0.1, -0.05) is 24.3 Å². The van der Waals surface area contributed by atoms with Crippen LogP contribution in [0.2, 0.25) is 0 Å². The maximum atomic E-state index is 12.7. The second-order valence-electron chi connectivity index (χ2n) is 6.78. The number of nitrogens with one attached hydrogen (secondary N) is 1. The van der Waals surface area contributed by atoms with Crippen molar-refractivity contribution in [3.63, 3.8) is 0 Å². The highest BCUT2D eigenvalue weighted by molar-refractivity contribution is 6.19. The van der Waals surface area contributed by atoms with Crippen LogP contribution in [-0.2, 0) is 28.8 Å². The molecule has 2 N–H and O–H groups in total. The molecule has 154 valence electrons. The van der Waals surface area contributed by atoms with Gasteiger partial charge in [-0.2, -0.15) is 8.78 Å². The summed E-state index contributed by atoms with van der Waals surface area (Å²) in [6.07, 6.45) is 4.25. The number of carbonyl (C=O) groups excluding carboxylic acids is 1. The first-order valence-corrected chi connectivity index (χ1v) is 9.38. The molecule has 0 aliphatic heterocycles. The van der Waals surface area contributed by atoms with E-state index < -0.39 is 12.5 Å². The molecule has 2 aromatic carbocycles. The Morgan fingerprint density at radius 1 is 1.21 bits per heavy atom. The molecule has 2 aromatic rings. The SMILES string of the molecule is COc1cc(CCNC(=O)/C(=C/OC(F)F)c2ccc3c(c2)CCC3)ccc1O. The molecule has 0 bridgehead atoms. The van der Waals surface area contributed by atoms with E-state index in [2.05, 4.69) is 10.1 Å². The van der Waals surface area contributed by atoms with Crippen LogP contribution in [-0.4, -0.2) is 31.3 Å². The molecule has 5 nitrogen and oxygen atoms in total. The number of amides is 1. The third kappa shape index (κ3) is 5.25. The van der Waals surface area contributed by atoms with Crippen LogP contribution in [0.25, 0.3) is 5.57 Å². The van der Waals surface area contributed by atoms with Gasteiger partial charge in [-0.05, 0) is 60.1 Å². The summed E-state index contributed by atoms with van der Waals surface area (Å²) in [7, 11) is 1.46. The number of carbonyl (C=O) groups is 1. The molecule has 29 heavy (non-hydrogen) atoms. The number of methoxy groups -OCH3 is 1. The third-order valence-electron chi connectivity index (χ3n) is 4.89. The first kappa shape index (κ1) is 20.6. The van der Waals surface area contributed by atoms with Crippen LogP contribution in [0.3, 0.4) is 0 Å². The average Bonchev–Trinajstić information content (AvgIpc) is 3.17. The molecule has 0 radical (unpaired) electrons. The van der Waals surface area contributed by atoms with Gasteiger partial charge in [0.1, 0.15) is 6.26 Å². The minimum absolute atomic E-state index is 0.0336. The van der Waals surface area contributed by atoms with Gasteiger partial charge in [0.05, 0.1) is 12.7 Å². The molecular formula is C22H23F2NO4. The summed E-state index contributed by atoms with van der Waals surface area (Å²) in [4.78, 5) is 12.7. The van der Waals surface area contributed by atoms with Crippen molar-refractivity contribution in [3.8, 4) is 11.5 Å². The molecule has 0 saturated heterocycles. The predicted octanol–water partition coefficient (Wildman–Crippen LogP) is 3.83. The van der Waals surface area contributed by atoms with E-state index in [0.29, 0.717) is 17.7 Å². The summed E-state index contributed by atoms with van der Waals surface area (Å²) in [6, 6.07) is 10.5. The van der Waals surface area contributed by atoms with Crippen LogP contribution in [0, 0.1) is 0 Å². The van der Waals surface area contributed by atoms with Gasteiger partial charge in [0.2, 0.25) is 0 Å². The lowest BCUT2D eigenvalue weighted by atomic mass is 10.0. The number of rotatable bonds is 8. The van der Waals surface area contributed by atoms with E-state index in [4.69, 9.17) is 4.74 Å². The predicted molar refractivity (Wildman–Crippen MR) is 105 cm³/mol. The summed E-state index contributed by atoms with van der Waals surface area (Å²) >= 11 is 0. The maximum absolute atomic E-state index is 12.7. The van der Waals surface area contributed by atoms with Crippen LogP contribution in [0.5, 0.6) is 11.5 Å².